The average molecular weight is 320 g/mol. The van der Waals surface area contributed by atoms with E-state index in [-0.39, 0.29) is 5.91 Å². The summed E-state index contributed by atoms with van der Waals surface area (Å²) in [6, 6.07) is 7.71. The van der Waals surface area contributed by atoms with Gasteiger partial charge in [0.25, 0.3) is 5.91 Å². The number of thiophene rings is 1. The molecule has 110 valence electrons. The van der Waals surface area contributed by atoms with Gasteiger partial charge in [-0.15, -0.1) is 11.3 Å². The first kappa shape index (κ1) is 14.6. The van der Waals surface area contributed by atoms with Gasteiger partial charge in [-0.05, 0) is 61.4 Å². The van der Waals surface area contributed by atoms with E-state index in [0.717, 1.165) is 29.2 Å². The number of amides is 1. The maximum atomic E-state index is 12.4. The molecule has 0 fully saturated rings. The highest BCUT2D eigenvalue weighted by Crippen LogP contribution is 2.33. The number of anilines is 1. The van der Waals surface area contributed by atoms with Crippen molar-refractivity contribution in [3.63, 3.8) is 0 Å². The van der Waals surface area contributed by atoms with Crippen LogP contribution in [0.5, 0.6) is 0 Å². The number of aryl methyl sites for hydroxylation is 2. The smallest absolute Gasteiger partial charge is 0.265 e. The van der Waals surface area contributed by atoms with Gasteiger partial charge in [0.15, 0.2) is 0 Å². The van der Waals surface area contributed by atoms with Crippen molar-refractivity contribution in [1.82, 2.24) is 0 Å². The quantitative estimate of drug-likeness (QED) is 0.821. The molecule has 0 radical (unpaired) electrons. The van der Waals surface area contributed by atoms with Gasteiger partial charge in [0.2, 0.25) is 0 Å². The topological polar surface area (TPSA) is 29.1 Å². The molecule has 2 aromatic rings. The largest absolute Gasteiger partial charge is 0.320 e. The number of fused-ring (bicyclic) bond motifs is 1. The lowest BCUT2D eigenvalue weighted by atomic mass is 9.90. The Hall–Kier alpha value is -1.32. The third-order valence-electron chi connectivity index (χ3n) is 3.93. The Balaban J connectivity index is 1.79. The molecule has 4 heteroatoms. The van der Waals surface area contributed by atoms with Crippen LogP contribution in [0.1, 0.15) is 39.0 Å². The highest BCUT2D eigenvalue weighted by Gasteiger charge is 2.21. The second-order valence-electron chi connectivity index (χ2n) is 5.84. The van der Waals surface area contributed by atoms with Crippen molar-refractivity contribution in [3.05, 3.63) is 50.2 Å². The van der Waals surface area contributed by atoms with Gasteiger partial charge in [-0.1, -0.05) is 24.6 Å². The van der Waals surface area contributed by atoms with Crippen molar-refractivity contribution in [3.8, 4) is 0 Å². The van der Waals surface area contributed by atoms with Crippen LogP contribution in [0, 0.1) is 12.8 Å². The van der Waals surface area contributed by atoms with Crippen LogP contribution in [0.25, 0.3) is 0 Å². The van der Waals surface area contributed by atoms with Gasteiger partial charge in [0.05, 0.1) is 15.6 Å². The van der Waals surface area contributed by atoms with Crippen LogP contribution in [0.4, 0.5) is 5.69 Å². The summed E-state index contributed by atoms with van der Waals surface area (Å²) in [5, 5.41) is 3.50. The lowest BCUT2D eigenvalue weighted by molar-refractivity contribution is 0.103. The van der Waals surface area contributed by atoms with Gasteiger partial charge in [0.1, 0.15) is 0 Å². The van der Waals surface area contributed by atoms with E-state index in [1.54, 1.807) is 11.3 Å². The molecule has 3 rings (SSSR count). The van der Waals surface area contributed by atoms with Crippen molar-refractivity contribution in [2.24, 2.45) is 5.92 Å². The van der Waals surface area contributed by atoms with Crippen LogP contribution in [-0.2, 0) is 12.8 Å². The number of benzene rings is 1. The summed E-state index contributed by atoms with van der Waals surface area (Å²) in [6.45, 7) is 4.25. The Labute approximate surface area is 134 Å². The van der Waals surface area contributed by atoms with Gasteiger partial charge in [-0.25, -0.2) is 0 Å². The third-order valence-corrected chi connectivity index (χ3v) is 5.47. The molecular formula is C17H18ClNOS. The molecule has 0 unspecified atom stereocenters. The predicted molar refractivity (Wildman–Crippen MR) is 89.7 cm³/mol. The Morgan fingerprint density at radius 1 is 1.38 bits per heavy atom. The molecule has 1 aliphatic carbocycles. The zero-order valence-corrected chi connectivity index (χ0v) is 13.8. The third kappa shape index (κ3) is 3.14. The minimum Gasteiger partial charge on any atom is -0.320 e. The summed E-state index contributed by atoms with van der Waals surface area (Å²) in [7, 11) is 0. The summed E-state index contributed by atoms with van der Waals surface area (Å²) in [5.74, 6) is 0.655. The first-order valence-corrected chi connectivity index (χ1v) is 8.41. The van der Waals surface area contributed by atoms with Gasteiger partial charge in [-0.2, -0.15) is 0 Å². The number of rotatable bonds is 2. The molecular weight excluding hydrogens is 302 g/mol. The molecule has 0 saturated heterocycles. The van der Waals surface area contributed by atoms with Crippen molar-refractivity contribution in [2.45, 2.75) is 33.1 Å². The lowest BCUT2D eigenvalue weighted by Crippen LogP contribution is -2.10. The molecule has 1 heterocycles. The summed E-state index contributed by atoms with van der Waals surface area (Å²) < 4.78 is 0. The fraction of sp³-hybridized carbons (Fsp3) is 0.353. The van der Waals surface area contributed by atoms with Crippen molar-refractivity contribution in [2.75, 3.05) is 5.32 Å². The van der Waals surface area contributed by atoms with E-state index in [4.69, 9.17) is 11.6 Å². The molecule has 0 saturated carbocycles. The molecule has 1 aromatic heterocycles. The number of hydrogen-bond acceptors (Lipinski definition) is 2. The molecule has 1 aliphatic rings. The maximum Gasteiger partial charge on any atom is 0.265 e. The van der Waals surface area contributed by atoms with Crippen molar-refractivity contribution >= 4 is 34.5 Å². The molecule has 1 amide bonds. The van der Waals surface area contributed by atoms with E-state index < -0.39 is 0 Å². The highest BCUT2D eigenvalue weighted by atomic mass is 35.5. The predicted octanol–water partition coefficient (Wildman–Crippen LogP) is 5.09. The van der Waals surface area contributed by atoms with E-state index in [2.05, 4.69) is 12.2 Å². The SMILES string of the molecule is Cc1ccc(NC(=O)c2cc3c(s2)CC[C@@H](C)C3)c(Cl)c1. The van der Waals surface area contributed by atoms with Crippen LogP contribution in [-0.4, -0.2) is 5.91 Å². The molecule has 0 spiro atoms. The second kappa shape index (κ2) is 5.82. The van der Waals surface area contributed by atoms with Crippen LogP contribution >= 0.6 is 22.9 Å². The van der Waals surface area contributed by atoms with E-state index in [0.29, 0.717) is 10.7 Å². The number of nitrogens with one attached hydrogen (secondary N) is 1. The number of carbonyl (C=O) groups excluding carboxylic acids is 1. The Bertz CT molecular complexity index is 692. The number of halogens is 1. The van der Waals surface area contributed by atoms with E-state index in [1.807, 2.05) is 31.2 Å². The second-order valence-corrected chi connectivity index (χ2v) is 7.39. The molecule has 0 aliphatic heterocycles. The minimum absolute atomic E-state index is 0.0622. The highest BCUT2D eigenvalue weighted by molar-refractivity contribution is 7.14. The maximum absolute atomic E-state index is 12.4. The Kier molecular flexibility index (Phi) is 4.05. The Morgan fingerprint density at radius 2 is 2.19 bits per heavy atom. The van der Waals surface area contributed by atoms with Gasteiger partial charge in [-0.3, -0.25) is 4.79 Å². The molecule has 2 nitrogen and oxygen atoms in total. The summed E-state index contributed by atoms with van der Waals surface area (Å²) in [4.78, 5) is 14.5. The van der Waals surface area contributed by atoms with E-state index in [9.17, 15) is 4.79 Å². The molecule has 21 heavy (non-hydrogen) atoms. The monoisotopic (exact) mass is 319 g/mol. The fourth-order valence-corrected chi connectivity index (χ4v) is 4.11. The van der Waals surface area contributed by atoms with Crippen molar-refractivity contribution in [1.29, 1.82) is 0 Å². The summed E-state index contributed by atoms with van der Waals surface area (Å²) >= 11 is 7.79. The van der Waals surface area contributed by atoms with Crippen LogP contribution in [0.2, 0.25) is 5.02 Å². The first-order valence-electron chi connectivity index (χ1n) is 7.22. The Morgan fingerprint density at radius 3 is 2.95 bits per heavy atom. The van der Waals surface area contributed by atoms with Crippen LogP contribution < -0.4 is 5.32 Å². The van der Waals surface area contributed by atoms with Gasteiger partial charge >= 0.3 is 0 Å². The fourth-order valence-electron chi connectivity index (χ4n) is 2.72. The normalized spacial score (nSPS) is 17.4. The zero-order valence-electron chi connectivity index (χ0n) is 12.2. The minimum atomic E-state index is -0.0622. The van der Waals surface area contributed by atoms with Gasteiger partial charge < -0.3 is 5.32 Å². The first-order chi connectivity index (χ1) is 10.0. The molecule has 0 bridgehead atoms. The summed E-state index contributed by atoms with van der Waals surface area (Å²) in [5.41, 5.74) is 3.10. The number of carbonyl (C=O) groups is 1. The lowest BCUT2D eigenvalue weighted by Gasteiger charge is -2.16. The standard InChI is InChI=1S/C17H18ClNOS/c1-10-4-6-15-12(7-10)9-16(21-15)17(20)19-14-5-3-11(2)8-13(14)18/h3,5,8-10H,4,6-7H2,1-2H3,(H,19,20)/t10-/m1/s1. The number of hydrogen-bond donors (Lipinski definition) is 1. The molecule has 1 aromatic carbocycles. The van der Waals surface area contributed by atoms with Crippen molar-refractivity contribution < 1.29 is 4.79 Å². The van der Waals surface area contributed by atoms with E-state index >= 15 is 0 Å². The van der Waals surface area contributed by atoms with Crippen LogP contribution in [0.3, 0.4) is 0 Å². The van der Waals surface area contributed by atoms with Crippen LogP contribution in [0.15, 0.2) is 24.3 Å². The van der Waals surface area contributed by atoms with Gasteiger partial charge in [0, 0.05) is 4.88 Å². The zero-order chi connectivity index (χ0) is 15.0. The molecule has 1 atom stereocenters. The van der Waals surface area contributed by atoms with E-state index in [1.165, 1.54) is 16.9 Å². The summed E-state index contributed by atoms with van der Waals surface area (Å²) in [6.07, 6.45) is 3.41. The molecule has 1 N–H and O–H groups in total. The average Bonchev–Trinajstić information content (AvgIpc) is 2.85.